The van der Waals surface area contributed by atoms with E-state index in [4.69, 9.17) is 0 Å². The zero-order chi connectivity index (χ0) is 14.5. The molecule has 1 aromatic heterocycles. The molecule has 0 saturated carbocycles. The molecular formula is C16H18Br2N2. The van der Waals surface area contributed by atoms with Crippen LogP contribution in [0.1, 0.15) is 36.6 Å². The van der Waals surface area contributed by atoms with Gasteiger partial charge in [0, 0.05) is 28.2 Å². The summed E-state index contributed by atoms with van der Waals surface area (Å²) in [6.07, 6.45) is 1.82. The summed E-state index contributed by atoms with van der Waals surface area (Å²) in [5.74, 6) is 0.583. The van der Waals surface area contributed by atoms with E-state index >= 15 is 0 Å². The smallest absolute Gasteiger partial charge is 0.0684 e. The van der Waals surface area contributed by atoms with Crippen molar-refractivity contribution in [2.24, 2.45) is 0 Å². The Bertz CT molecular complexity index is 565. The van der Waals surface area contributed by atoms with Gasteiger partial charge in [-0.3, -0.25) is 4.98 Å². The average molecular weight is 398 g/mol. The minimum absolute atomic E-state index is 0.583. The van der Waals surface area contributed by atoms with Crippen LogP contribution in [0.25, 0.3) is 0 Å². The Morgan fingerprint density at radius 1 is 1.10 bits per heavy atom. The lowest BCUT2D eigenvalue weighted by Crippen LogP contribution is -2.14. The first kappa shape index (κ1) is 15.7. The van der Waals surface area contributed by atoms with Crippen LogP contribution in [0.2, 0.25) is 0 Å². The molecule has 2 nitrogen and oxygen atoms in total. The van der Waals surface area contributed by atoms with Gasteiger partial charge in [-0.2, -0.15) is 0 Å². The van der Waals surface area contributed by atoms with Crippen LogP contribution in [-0.2, 0) is 13.1 Å². The van der Waals surface area contributed by atoms with E-state index < -0.39 is 0 Å². The van der Waals surface area contributed by atoms with Crippen LogP contribution in [0.15, 0.2) is 45.5 Å². The number of nitrogens with one attached hydrogen (secondary N) is 1. The van der Waals surface area contributed by atoms with E-state index in [1.54, 1.807) is 0 Å². The molecule has 0 amide bonds. The van der Waals surface area contributed by atoms with Gasteiger partial charge in [-0.25, -0.2) is 0 Å². The lowest BCUT2D eigenvalue weighted by molar-refractivity contribution is 0.676. The Hall–Kier alpha value is -0.710. The van der Waals surface area contributed by atoms with Gasteiger partial charge >= 0.3 is 0 Å². The second kappa shape index (κ2) is 7.34. The Balaban J connectivity index is 1.89. The molecule has 0 spiro atoms. The normalized spacial score (nSPS) is 11.1. The first-order valence-electron chi connectivity index (χ1n) is 6.65. The maximum absolute atomic E-state index is 4.39. The van der Waals surface area contributed by atoms with E-state index in [0.29, 0.717) is 5.92 Å². The SMILES string of the molecule is CC(C)c1ccc(CNCc2ncc(Br)cc2Br)cc1. The van der Waals surface area contributed by atoms with Crippen molar-refractivity contribution in [1.29, 1.82) is 0 Å². The average Bonchev–Trinajstić information content (AvgIpc) is 2.42. The summed E-state index contributed by atoms with van der Waals surface area (Å²) in [4.78, 5) is 4.39. The highest BCUT2D eigenvalue weighted by Gasteiger charge is 2.03. The van der Waals surface area contributed by atoms with Gasteiger partial charge < -0.3 is 5.32 Å². The molecule has 4 heteroatoms. The molecule has 0 bridgehead atoms. The first-order valence-corrected chi connectivity index (χ1v) is 8.24. The van der Waals surface area contributed by atoms with Crippen molar-refractivity contribution in [3.63, 3.8) is 0 Å². The molecule has 0 saturated heterocycles. The zero-order valence-electron chi connectivity index (χ0n) is 11.7. The van der Waals surface area contributed by atoms with Crippen LogP contribution in [0.5, 0.6) is 0 Å². The van der Waals surface area contributed by atoms with Crippen LogP contribution in [0.3, 0.4) is 0 Å². The predicted octanol–water partition coefficient (Wildman–Crippen LogP) is 5.02. The van der Waals surface area contributed by atoms with Crippen molar-refractivity contribution < 1.29 is 0 Å². The highest BCUT2D eigenvalue weighted by Crippen LogP contribution is 2.19. The number of hydrogen-bond donors (Lipinski definition) is 1. The first-order chi connectivity index (χ1) is 9.56. The van der Waals surface area contributed by atoms with Crippen LogP contribution in [-0.4, -0.2) is 4.98 Å². The fourth-order valence-corrected chi connectivity index (χ4v) is 3.05. The molecule has 0 aliphatic carbocycles. The number of halogens is 2. The number of benzene rings is 1. The Labute approximate surface area is 137 Å². The van der Waals surface area contributed by atoms with Crippen molar-refractivity contribution in [2.75, 3.05) is 0 Å². The van der Waals surface area contributed by atoms with E-state index in [1.165, 1.54) is 11.1 Å². The minimum atomic E-state index is 0.583. The second-order valence-electron chi connectivity index (χ2n) is 5.08. The van der Waals surface area contributed by atoms with E-state index in [0.717, 1.165) is 27.7 Å². The molecule has 0 fully saturated rings. The van der Waals surface area contributed by atoms with Crippen LogP contribution >= 0.6 is 31.9 Å². The largest absolute Gasteiger partial charge is 0.307 e. The van der Waals surface area contributed by atoms with Gasteiger partial charge in [-0.05, 0) is 55.0 Å². The molecule has 2 aromatic rings. The van der Waals surface area contributed by atoms with E-state index in [2.05, 4.69) is 80.3 Å². The summed E-state index contributed by atoms with van der Waals surface area (Å²) in [6, 6.07) is 10.8. The number of aromatic nitrogens is 1. The van der Waals surface area contributed by atoms with Gasteiger partial charge in [0.05, 0.1) is 5.69 Å². The maximum atomic E-state index is 4.39. The summed E-state index contributed by atoms with van der Waals surface area (Å²) in [5, 5.41) is 3.42. The quantitative estimate of drug-likeness (QED) is 0.765. The van der Waals surface area contributed by atoms with Gasteiger partial charge in [-0.15, -0.1) is 0 Å². The Kier molecular flexibility index (Phi) is 5.75. The van der Waals surface area contributed by atoms with E-state index in [1.807, 2.05) is 12.3 Å². The molecule has 0 radical (unpaired) electrons. The topological polar surface area (TPSA) is 24.9 Å². The number of nitrogens with zero attached hydrogens (tertiary/aromatic N) is 1. The molecule has 2 rings (SSSR count). The number of pyridine rings is 1. The third kappa shape index (κ3) is 4.40. The van der Waals surface area contributed by atoms with Crippen molar-refractivity contribution in [1.82, 2.24) is 10.3 Å². The van der Waals surface area contributed by atoms with Gasteiger partial charge in [0.2, 0.25) is 0 Å². The fraction of sp³-hybridized carbons (Fsp3) is 0.312. The predicted molar refractivity (Wildman–Crippen MR) is 90.7 cm³/mol. The molecule has 0 unspecified atom stereocenters. The Morgan fingerprint density at radius 2 is 1.80 bits per heavy atom. The van der Waals surface area contributed by atoms with Gasteiger partial charge in [0.25, 0.3) is 0 Å². The minimum Gasteiger partial charge on any atom is -0.307 e. The summed E-state index contributed by atoms with van der Waals surface area (Å²) in [5.41, 5.74) is 3.70. The van der Waals surface area contributed by atoms with E-state index in [9.17, 15) is 0 Å². The van der Waals surface area contributed by atoms with Gasteiger partial charge in [0.15, 0.2) is 0 Å². The Morgan fingerprint density at radius 3 is 2.40 bits per heavy atom. The maximum Gasteiger partial charge on any atom is 0.0684 e. The summed E-state index contributed by atoms with van der Waals surface area (Å²) < 4.78 is 2.01. The molecular weight excluding hydrogens is 380 g/mol. The van der Waals surface area contributed by atoms with Crippen molar-refractivity contribution in [3.8, 4) is 0 Å². The van der Waals surface area contributed by atoms with Crippen molar-refractivity contribution >= 4 is 31.9 Å². The van der Waals surface area contributed by atoms with Crippen LogP contribution < -0.4 is 5.32 Å². The number of rotatable bonds is 5. The monoisotopic (exact) mass is 396 g/mol. The molecule has 106 valence electrons. The molecule has 0 atom stereocenters. The molecule has 0 aliphatic rings. The second-order valence-corrected chi connectivity index (χ2v) is 6.85. The van der Waals surface area contributed by atoms with Gasteiger partial charge in [0.1, 0.15) is 0 Å². The molecule has 1 heterocycles. The van der Waals surface area contributed by atoms with Crippen LogP contribution in [0, 0.1) is 0 Å². The van der Waals surface area contributed by atoms with Crippen molar-refractivity contribution in [3.05, 3.63) is 62.3 Å². The third-order valence-electron chi connectivity index (χ3n) is 3.15. The highest BCUT2D eigenvalue weighted by atomic mass is 79.9. The molecule has 1 aromatic carbocycles. The summed E-state index contributed by atoms with van der Waals surface area (Å²) in [7, 11) is 0. The highest BCUT2D eigenvalue weighted by molar-refractivity contribution is 9.11. The molecule has 20 heavy (non-hydrogen) atoms. The summed E-state index contributed by atoms with van der Waals surface area (Å²) in [6.45, 7) is 6.02. The number of hydrogen-bond acceptors (Lipinski definition) is 2. The van der Waals surface area contributed by atoms with E-state index in [-0.39, 0.29) is 0 Å². The van der Waals surface area contributed by atoms with Gasteiger partial charge in [-0.1, -0.05) is 38.1 Å². The molecule has 0 aliphatic heterocycles. The summed E-state index contributed by atoms with van der Waals surface area (Å²) >= 11 is 6.93. The lowest BCUT2D eigenvalue weighted by Gasteiger charge is -2.09. The standard InChI is InChI=1S/C16H18Br2N2/c1-11(2)13-5-3-12(4-6-13)8-19-10-16-15(18)7-14(17)9-20-16/h3-7,9,11,19H,8,10H2,1-2H3. The lowest BCUT2D eigenvalue weighted by atomic mass is 10.0. The zero-order valence-corrected chi connectivity index (χ0v) is 14.8. The van der Waals surface area contributed by atoms with Crippen LogP contribution in [0.4, 0.5) is 0 Å². The third-order valence-corrected chi connectivity index (χ3v) is 4.27. The fourth-order valence-electron chi connectivity index (χ4n) is 1.92. The molecule has 1 N–H and O–H groups in total. The van der Waals surface area contributed by atoms with Crippen molar-refractivity contribution in [2.45, 2.75) is 32.9 Å².